The van der Waals surface area contributed by atoms with E-state index in [0.717, 1.165) is 18.4 Å². The number of nitrogens with one attached hydrogen (secondary N) is 1. The van der Waals surface area contributed by atoms with Crippen LogP contribution in [-0.2, 0) is 11.3 Å². The van der Waals surface area contributed by atoms with E-state index in [1.807, 2.05) is 18.2 Å². The van der Waals surface area contributed by atoms with Gasteiger partial charge >= 0.3 is 0 Å². The third kappa shape index (κ3) is 3.86. The Bertz CT molecular complexity index is 833. The molecule has 0 saturated heterocycles. The molecular formula is C20H19N3O2. The molecule has 3 rings (SSSR count). The summed E-state index contributed by atoms with van der Waals surface area (Å²) in [4.78, 5) is 26.4. The van der Waals surface area contributed by atoms with Crippen LogP contribution in [0.2, 0.25) is 0 Å². The van der Waals surface area contributed by atoms with Crippen LogP contribution in [0, 0.1) is 17.2 Å². The minimum atomic E-state index is -0.226. The first kappa shape index (κ1) is 16.7. The maximum atomic E-state index is 12.6. The molecule has 1 aliphatic carbocycles. The van der Waals surface area contributed by atoms with E-state index in [2.05, 4.69) is 11.4 Å². The molecule has 0 atom stereocenters. The zero-order valence-corrected chi connectivity index (χ0v) is 14.0. The van der Waals surface area contributed by atoms with Gasteiger partial charge in [0.15, 0.2) is 0 Å². The van der Waals surface area contributed by atoms with Gasteiger partial charge in [-0.2, -0.15) is 5.26 Å². The third-order valence-electron chi connectivity index (χ3n) is 4.30. The van der Waals surface area contributed by atoms with Crippen molar-refractivity contribution >= 4 is 17.5 Å². The van der Waals surface area contributed by atoms with Gasteiger partial charge in [0.1, 0.15) is 0 Å². The smallest absolute Gasteiger partial charge is 0.253 e. The third-order valence-corrected chi connectivity index (χ3v) is 4.30. The SMILES string of the molecule is CN(C(=O)C1CC1)c1ccccc1C(=O)NCc1ccc(C#N)cc1. The highest BCUT2D eigenvalue weighted by atomic mass is 16.2. The van der Waals surface area contributed by atoms with E-state index in [1.54, 1.807) is 42.3 Å². The number of nitriles is 1. The Morgan fingerprint density at radius 3 is 2.48 bits per heavy atom. The zero-order valence-electron chi connectivity index (χ0n) is 14.0. The molecule has 1 N–H and O–H groups in total. The average Bonchev–Trinajstić information content (AvgIpc) is 3.50. The summed E-state index contributed by atoms with van der Waals surface area (Å²) >= 11 is 0. The summed E-state index contributed by atoms with van der Waals surface area (Å²) in [5.74, 6) is -0.0671. The van der Waals surface area contributed by atoms with Crippen molar-refractivity contribution in [3.05, 3.63) is 65.2 Å². The van der Waals surface area contributed by atoms with E-state index < -0.39 is 0 Å². The van der Waals surface area contributed by atoms with Gasteiger partial charge in [0.05, 0.1) is 22.9 Å². The van der Waals surface area contributed by atoms with Gasteiger partial charge in [0.25, 0.3) is 5.91 Å². The van der Waals surface area contributed by atoms with Crippen LogP contribution in [0.3, 0.4) is 0 Å². The zero-order chi connectivity index (χ0) is 17.8. The van der Waals surface area contributed by atoms with Gasteiger partial charge in [0.2, 0.25) is 5.91 Å². The number of amides is 2. The molecule has 5 nitrogen and oxygen atoms in total. The number of rotatable bonds is 5. The molecule has 2 aromatic carbocycles. The summed E-state index contributed by atoms with van der Waals surface area (Å²) in [5.41, 5.74) is 2.59. The van der Waals surface area contributed by atoms with E-state index in [9.17, 15) is 9.59 Å². The van der Waals surface area contributed by atoms with Gasteiger partial charge in [-0.25, -0.2) is 0 Å². The van der Waals surface area contributed by atoms with E-state index in [-0.39, 0.29) is 17.7 Å². The Kier molecular flexibility index (Phi) is 4.80. The van der Waals surface area contributed by atoms with Crippen molar-refractivity contribution in [1.82, 2.24) is 5.32 Å². The van der Waals surface area contributed by atoms with Crippen LogP contribution >= 0.6 is 0 Å². The Morgan fingerprint density at radius 2 is 1.84 bits per heavy atom. The van der Waals surface area contributed by atoms with Crippen LogP contribution in [0.1, 0.15) is 34.3 Å². The van der Waals surface area contributed by atoms with Gasteiger partial charge in [-0.3, -0.25) is 9.59 Å². The quantitative estimate of drug-likeness (QED) is 0.914. The highest BCUT2D eigenvalue weighted by molar-refractivity contribution is 6.05. The summed E-state index contributed by atoms with van der Waals surface area (Å²) in [7, 11) is 1.72. The summed E-state index contributed by atoms with van der Waals surface area (Å²) in [5, 5.41) is 11.7. The fourth-order valence-corrected chi connectivity index (χ4v) is 2.66. The second kappa shape index (κ2) is 7.18. The minimum Gasteiger partial charge on any atom is -0.348 e. The second-order valence-corrected chi connectivity index (χ2v) is 6.18. The van der Waals surface area contributed by atoms with Crippen LogP contribution in [0.25, 0.3) is 0 Å². The standard InChI is InChI=1S/C20H19N3O2/c1-23(20(25)16-10-11-16)18-5-3-2-4-17(18)19(24)22-13-15-8-6-14(12-21)7-9-15/h2-9,16H,10-11,13H2,1H3,(H,22,24). The number of nitrogens with zero attached hydrogens (tertiary/aromatic N) is 2. The number of para-hydroxylation sites is 1. The largest absolute Gasteiger partial charge is 0.348 e. The lowest BCUT2D eigenvalue weighted by atomic mass is 10.1. The molecule has 2 aromatic rings. The van der Waals surface area contributed by atoms with Gasteiger partial charge in [-0.1, -0.05) is 24.3 Å². The van der Waals surface area contributed by atoms with Gasteiger partial charge in [-0.15, -0.1) is 0 Å². The molecule has 1 aliphatic rings. The molecule has 1 saturated carbocycles. The molecule has 1 fully saturated rings. The van der Waals surface area contributed by atoms with Crippen molar-refractivity contribution in [3.8, 4) is 6.07 Å². The lowest BCUT2D eigenvalue weighted by Crippen LogP contribution is -2.31. The molecule has 5 heteroatoms. The predicted molar refractivity (Wildman–Crippen MR) is 94.9 cm³/mol. The van der Waals surface area contributed by atoms with Crippen molar-refractivity contribution in [2.45, 2.75) is 19.4 Å². The predicted octanol–water partition coefficient (Wildman–Crippen LogP) is 2.86. The van der Waals surface area contributed by atoms with Crippen molar-refractivity contribution in [1.29, 1.82) is 5.26 Å². The first-order chi connectivity index (χ1) is 12.1. The number of carbonyl (C=O) groups excluding carboxylic acids is 2. The maximum absolute atomic E-state index is 12.6. The van der Waals surface area contributed by atoms with Crippen molar-refractivity contribution in [2.75, 3.05) is 11.9 Å². The van der Waals surface area contributed by atoms with E-state index in [0.29, 0.717) is 23.4 Å². The molecule has 126 valence electrons. The summed E-state index contributed by atoms with van der Waals surface area (Å²) in [6, 6.07) is 16.3. The topological polar surface area (TPSA) is 73.2 Å². The van der Waals surface area contributed by atoms with Crippen LogP contribution < -0.4 is 10.2 Å². The van der Waals surface area contributed by atoms with Gasteiger partial charge in [-0.05, 0) is 42.7 Å². The van der Waals surface area contributed by atoms with Crippen molar-refractivity contribution < 1.29 is 9.59 Å². The van der Waals surface area contributed by atoms with E-state index in [4.69, 9.17) is 5.26 Å². The average molecular weight is 333 g/mol. The van der Waals surface area contributed by atoms with Crippen LogP contribution in [0.15, 0.2) is 48.5 Å². The highest BCUT2D eigenvalue weighted by Crippen LogP contribution is 2.33. The summed E-state index contributed by atoms with van der Waals surface area (Å²) in [6.45, 7) is 0.360. The first-order valence-corrected chi connectivity index (χ1v) is 8.24. The molecule has 0 heterocycles. The number of anilines is 1. The van der Waals surface area contributed by atoms with Crippen LogP contribution in [0.4, 0.5) is 5.69 Å². The molecule has 25 heavy (non-hydrogen) atoms. The van der Waals surface area contributed by atoms with Crippen molar-refractivity contribution in [3.63, 3.8) is 0 Å². The molecule has 0 aliphatic heterocycles. The van der Waals surface area contributed by atoms with E-state index >= 15 is 0 Å². The van der Waals surface area contributed by atoms with Crippen LogP contribution in [0.5, 0.6) is 0 Å². The van der Waals surface area contributed by atoms with E-state index in [1.165, 1.54) is 0 Å². The fraction of sp³-hybridized carbons (Fsp3) is 0.250. The summed E-state index contributed by atoms with van der Waals surface area (Å²) in [6.07, 6.45) is 1.85. The Balaban J connectivity index is 1.71. The second-order valence-electron chi connectivity index (χ2n) is 6.18. The Hall–Kier alpha value is -3.13. The maximum Gasteiger partial charge on any atom is 0.253 e. The normalized spacial score (nSPS) is 13.0. The number of hydrogen-bond acceptors (Lipinski definition) is 3. The van der Waals surface area contributed by atoms with Gasteiger partial charge in [0, 0.05) is 19.5 Å². The monoisotopic (exact) mass is 333 g/mol. The molecule has 0 bridgehead atoms. The van der Waals surface area contributed by atoms with Crippen molar-refractivity contribution in [2.24, 2.45) is 5.92 Å². The fourth-order valence-electron chi connectivity index (χ4n) is 2.66. The first-order valence-electron chi connectivity index (χ1n) is 8.24. The summed E-state index contributed by atoms with van der Waals surface area (Å²) < 4.78 is 0. The number of carbonyl (C=O) groups is 2. The van der Waals surface area contributed by atoms with Crippen LogP contribution in [-0.4, -0.2) is 18.9 Å². The minimum absolute atomic E-state index is 0.0624. The number of hydrogen-bond donors (Lipinski definition) is 1. The highest BCUT2D eigenvalue weighted by Gasteiger charge is 2.33. The molecule has 2 amide bonds. The molecule has 0 unspecified atom stereocenters. The Morgan fingerprint density at radius 1 is 1.16 bits per heavy atom. The molecular weight excluding hydrogens is 314 g/mol. The lowest BCUT2D eigenvalue weighted by Gasteiger charge is -2.20. The molecule has 0 radical (unpaired) electrons. The molecule has 0 aromatic heterocycles. The lowest BCUT2D eigenvalue weighted by molar-refractivity contribution is -0.119. The molecule has 0 spiro atoms. The van der Waals surface area contributed by atoms with Gasteiger partial charge < -0.3 is 10.2 Å². The Labute approximate surface area is 146 Å². The number of benzene rings is 2.